The van der Waals surface area contributed by atoms with E-state index in [0.717, 1.165) is 18.4 Å². The first kappa shape index (κ1) is 9.62. The maximum Gasteiger partial charge on any atom is 0.123 e. The number of hydrogen-bond acceptors (Lipinski definition) is 2. The summed E-state index contributed by atoms with van der Waals surface area (Å²) in [7, 11) is 0. The van der Waals surface area contributed by atoms with Crippen molar-refractivity contribution in [3.8, 4) is 0 Å². The fourth-order valence-electron chi connectivity index (χ4n) is 1.61. The van der Waals surface area contributed by atoms with E-state index in [-0.39, 0.29) is 11.9 Å². The maximum absolute atomic E-state index is 12.6. The average molecular weight is 195 g/mol. The van der Waals surface area contributed by atoms with Crippen LogP contribution in [0.5, 0.6) is 0 Å². The molecule has 2 nitrogen and oxygen atoms in total. The van der Waals surface area contributed by atoms with Crippen molar-refractivity contribution >= 4 is 0 Å². The lowest BCUT2D eigenvalue weighted by Gasteiger charge is -2.18. The van der Waals surface area contributed by atoms with Crippen LogP contribution in [0, 0.1) is 11.7 Å². The minimum Gasteiger partial charge on any atom is -0.391 e. The fraction of sp³-hybridized carbons (Fsp3) is 0.455. The number of halogens is 1. The zero-order valence-electron chi connectivity index (χ0n) is 7.86. The van der Waals surface area contributed by atoms with Crippen LogP contribution in [0.25, 0.3) is 0 Å². The standard InChI is InChI=1S/C11H14FNO/c12-9-5-3-7(4-6-9)10(13)11(14)8-1-2-8/h3-6,8,10-11,14H,1-2,13H2/t10-,11+/m0/s1. The van der Waals surface area contributed by atoms with Gasteiger partial charge in [0.15, 0.2) is 0 Å². The highest BCUT2D eigenvalue weighted by Crippen LogP contribution is 2.37. The molecule has 1 fully saturated rings. The Bertz CT molecular complexity index is 308. The molecule has 1 aromatic rings. The molecule has 0 radical (unpaired) electrons. The molecule has 0 heterocycles. The van der Waals surface area contributed by atoms with Gasteiger partial charge in [-0.15, -0.1) is 0 Å². The molecule has 0 amide bonds. The Hall–Kier alpha value is -0.930. The van der Waals surface area contributed by atoms with Crippen molar-refractivity contribution in [3.05, 3.63) is 35.6 Å². The number of aliphatic hydroxyl groups is 1. The van der Waals surface area contributed by atoms with E-state index in [0.29, 0.717) is 5.92 Å². The molecule has 1 aliphatic carbocycles. The Kier molecular flexibility index (Phi) is 2.52. The predicted octanol–water partition coefficient (Wildman–Crippen LogP) is 1.60. The van der Waals surface area contributed by atoms with E-state index in [2.05, 4.69) is 0 Å². The second-order valence-electron chi connectivity index (χ2n) is 3.91. The van der Waals surface area contributed by atoms with Crippen LogP contribution in [0.3, 0.4) is 0 Å². The Morgan fingerprint density at radius 1 is 1.29 bits per heavy atom. The van der Waals surface area contributed by atoms with Crippen LogP contribution in [0.1, 0.15) is 24.4 Å². The van der Waals surface area contributed by atoms with Gasteiger partial charge in [-0.25, -0.2) is 4.39 Å². The third kappa shape index (κ3) is 1.94. The molecule has 0 aromatic heterocycles. The molecule has 76 valence electrons. The molecule has 1 aliphatic rings. The SMILES string of the molecule is N[C@@H](c1ccc(F)cc1)[C@H](O)C1CC1. The zero-order chi connectivity index (χ0) is 10.1. The van der Waals surface area contributed by atoms with Crippen LogP contribution in [-0.4, -0.2) is 11.2 Å². The maximum atomic E-state index is 12.6. The van der Waals surface area contributed by atoms with Crippen LogP contribution in [0.4, 0.5) is 4.39 Å². The molecule has 0 bridgehead atoms. The van der Waals surface area contributed by atoms with Gasteiger partial charge in [0.2, 0.25) is 0 Å². The van der Waals surface area contributed by atoms with Crippen molar-refractivity contribution in [1.82, 2.24) is 0 Å². The Morgan fingerprint density at radius 2 is 1.86 bits per heavy atom. The monoisotopic (exact) mass is 195 g/mol. The van der Waals surface area contributed by atoms with Gasteiger partial charge in [-0.2, -0.15) is 0 Å². The molecule has 3 heteroatoms. The quantitative estimate of drug-likeness (QED) is 0.769. The number of rotatable bonds is 3. The topological polar surface area (TPSA) is 46.2 Å². The smallest absolute Gasteiger partial charge is 0.123 e. The van der Waals surface area contributed by atoms with Crippen molar-refractivity contribution in [2.75, 3.05) is 0 Å². The minimum atomic E-state index is -0.486. The summed E-state index contributed by atoms with van der Waals surface area (Å²) in [5.74, 6) is 0.0666. The zero-order valence-corrected chi connectivity index (χ0v) is 7.86. The molecule has 2 atom stereocenters. The van der Waals surface area contributed by atoms with Crippen molar-refractivity contribution < 1.29 is 9.50 Å². The number of aliphatic hydroxyl groups excluding tert-OH is 1. The summed E-state index contributed by atoms with van der Waals surface area (Å²) in [5, 5.41) is 9.76. The highest BCUT2D eigenvalue weighted by Gasteiger charge is 2.34. The summed E-state index contributed by atoms with van der Waals surface area (Å²) in [4.78, 5) is 0. The lowest BCUT2D eigenvalue weighted by molar-refractivity contribution is 0.122. The number of benzene rings is 1. The van der Waals surface area contributed by atoms with Crippen molar-refractivity contribution in [3.63, 3.8) is 0 Å². The number of hydrogen-bond donors (Lipinski definition) is 2. The molecule has 0 spiro atoms. The van der Waals surface area contributed by atoms with E-state index in [4.69, 9.17) is 5.73 Å². The van der Waals surface area contributed by atoms with Gasteiger partial charge in [0.05, 0.1) is 12.1 Å². The van der Waals surface area contributed by atoms with E-state index in [9.17, 15) is 9.50 Å². The van der Waals surface area contributed by atoms with E-state index in [1.807, 2.05) is 0 Å². The molecule has 3 N–H and O–H groups in total. The summed E-state index contributed by atoms with van der Waals surface area (Å²) in [5.41, 5.74) is 6.65. The van der Waals surface area contributed by atoms with Gasteiger partial charge in [0.25, 0.3) is 0 Å². The summed E-state index contributed by atoms with van der Waals surface area (Å²) >= 11 is 0. The third-order valence-electron chi connectivity index (χ3n) is 2.73. The molecule has 14 heavy (non-hydrogen) atoms. The average Bonchev–Trinajstić information content (AvgIpc) is 3.00. The summed E-state index contributed by atoms with van der Waals surface area (Å²) in [6.45, 7) is 0. The lowest BCUT2D eigenvalue weighted by atomic mass is 9.99. The normalized spacial score (nSPS) is 20.5. The van der Waals surface area contributed by atoms with Crippen LogP contribution in [0.15, 0.2) is 24.3 Å². The lowest BCUT2D eigenvalue weighted by Crippen LogP contribution is -2.27. The van der Waals surface area contributed by atoms with Crippen molar-refractivity contribution in [2.24, 2.45) is 11.7 Å². The first-order valence-electron chi connectivity index (χ1n) is 4.87. The molecular formula is C11H14FNO. The van der Waals surface area contributed by atoms with Crippen LogP contribution < -0.4 is 5.73 Å². The van der Waals surface area contributed by atoms with Crippen molar-refractivity contribution in [2.45, 2.75) is 25.0 Å². The van der Waals surface area contributed by atoms with Gasteiger partial charge < -0.3 is 10.8 Å². The molecule has 0 saturated heterocycles. The van der Waals surface area contributed by atoms with Crippen LogP contribution in [0.2, 0.25) is 0 Å². The van der Waals surface area contributed by atoms with E-state index < -0.39 is 6.10 Å². The molecule has 1 aromatic carbocycles. The highest BCUT2D eigenvalue weighted by molar-refractivity contribution is 5.21. The minimum absolute atomic E-state index is 0.276. The first-order valence-corrected chi connectivity index (χ1v) is 4.87. The van der Waals surface area contributed by atoms with Gasteiger partial charge in [0, 0.05) is 0 Å². The number of nitrogens with two attached hydrogens (primary N) is 1. The highest BCUT2D eigenvalue weighted by atomic mass is 19.1. The van der Waals surface area contributed by atoms with E-state index >= 15 is 0 Å². The predicted molar refractivity (Wildman–Crippen MR) is 52.1 cm³/mol. The summed E-state index contributed by atoms with van der Waals surface area (Å²) in [6, 6.07) is 5.61. The molecule has 1 saturated carbocycles. The van der Waals surface area contributed by atoms with Crippen LogP contribution in [-0.2, 0) is 0 Å². The summed E-state index contributed by atoms with van der Waals surface area (Å²) < 4.78 is 12.6. The Labute approximate surface area is 82.5 Å². The Morgan fingerprint density at radius 3 is 2.36 bits per heavy atom. The van der Waals surface area contributed by atoms with E-state index in [1.165, 1.54) is 12.1 Å². The largest absolute Gasteiger partial charge is 0.391 e. The molecular weight excluding hydrogens is 181 g/mol. The second-order valence-corrected chi connectivity index (χ2v) is 3.91. The van der Waals surface area contributed by atoms with Gasteiger partial charge in [-0.05, 0) is 36.5 Å². The molecule has 0 aliphatic heterocycles. The van der Waals surface area contributed by atoms with Gasteiger partial charge in [-0.3, -0.25) is 0 Å². The van der Waals surface area contributed by atoms with Gasteiger partial charge >= 0.3 is 0 Å². The fourth-order valence-corrected chi connectivity index (χ4v) is 1.61. The Balaban J connectivity index is 2.09. The molecule has 0 unspecified atom stereocenters. The van der Waals surface area contributed by atoms with Crippen molar-refractivity contribution in [1.29, 1.82) is 0 Å². The van der Waals surface area contributed by atoms with E-state index in [1.54, 1.807) is 12.1 Å². The second kappa shape index (κ2) is 3.67. The van der Waals surface area contributed by atoms with Crippen LogP contribution >= 0.6 is 0 Å². The molecule has 2 rings (SSSR count). The first-order chi connectivity index (χ1) is 6.68. The van der Waals surface area contributed by atoms with Gasteiger partial charge in [0.1, 0.15) is 5.82 Å². The third-order valence-corrected chi connectivity index (χ3v) is 2.73. The summed E-state index contributed by atoms with van der Waals surface area (Å²) in [6.07, 6.45) is 1.62. The van der Waals surface area contributed by atoms with Gasteiger partial charge in [-0.1, -0.05) is 12.1 Å².